The van der Waals surface area contributed by atoms with Gasteiger partial charge in [0.15, 0.2) is 0 Å². The molecule has 0 aromatic rings. The number of carbonyl (C=O) groups excluding carboxylic acids is 1. The molecule has 1 aliphatic rings. The van der Waals surface area contributed by atoms with Gasteiger partial charge in [0.25, 0.3) is 0 Å². The molecule has 0 aromatic heterocycles. The predicted molar refractivity (Wildman–Crippen MR) is 73.4 cm³/mol. The summed E-state index contributed by atoms with van der Waals surface area (Å²) in [7, 11) is 1.71. The Hall–Kier alpha value is -0.770. The molecule has 1 fully saturated rings. The minimum Gasteiger partial charge on any atom is -0.395 e. The number of hydrogen-bond donors (Lipinski definition) is 2. The van der Waals surface area contributed by atoms with Crippen molar-refractivity contribution in [3.63, 3.8) is 0 Å². The van der Waals surface area contributed by atoms with E-state index in [1.165, 1.54) is 37.0 Å². The van der Waals surface area contributed by atoms with Crippen LogP contribution in [0.1, 0.15) is 46.0 Å². The Kier molecular flexibility index (Phi) is 6.47. The lowest BCUT2D eigenvalue weighted by Gasteiger charge is -2.33. The minimum atomic E-state index is -0.0841. The van der Waals surface area contributed by atoms with Gasteiger partial charge in [0, 0.05) is 19.6 Å². The first-order valence-corrected chi connectivity index (χ1v) is 7.18. The zero-order chi connectivity index (χ0) is 13.5. The Morgan fingerprint density at radius 1 is 1.33 bits per heavy atom. The first kappa shape index (κ1) is 15.3. The van der Waals surface area contributed by atoms with Crippen LogP contribution in [0.2, 0.25) is 0 Å². The number of urea groups is 1. The quantitative estimate of drug-likeness (QED) is 0.792. The fourth-order valence-corrected chi connectivity index (χ4v) is 2.76. The summed E-state index contributed by atoms with van der Waals surface area (Å²) in [5, 5.41) is 11.8. The van der Waals surface area contributed by atoms with E-state index in [0.717, 1.165) is 5.92 Å². The summed E-state index contributed by atoms with van der Waals surface area (Å²) in [6.07, 6.45) is 6.63. The molecule has 2 unspecified atom stereocenters. The van der Waals surface area contributed by atoms with E-state index in [2.05, 4.69) is 19.2 Å². The summed E-state index contributed by atoms with van der Waals surface area (Å²) in [5.41, 5.74) is 0. The van der Waals surface area contributed by atoms with Crippen molar-refractivity contribution in [1.29, 1.82) is 0 Å². The molecule has 1 rings (SSSR count). The minimum absolute atomic E-state index is 0.0104. The molecule has 1 saturated carbocycles. The Bertz CT molecular complexity index is 252. The van der Waals surface area contributed by atoms with Gasteiger partial charge in [-0.2, -0.15) is 0 Å². The van der Waals surface area contributed by atoms with Crippen LogP contribution in [0.25, 0.3) is 0 Å². The first-order chi connectivity index (χ1) is 8.56. The molecule has 106 valence electrons. The molecule has 0 aliphatic heterocycles. The van der Waals surface area contributed by atoms with Crippen LogP contribution in [-0.2, 0) is 0 Å². The summed E-state index contributed by atoms with van der Waals surface area (Å²) in [6, 6.07) is 0.112. The van der Waals surface area contributed by atoms with E-state index in [0.29, 0.717) is 12.5 Å². The zero-order valence-electron chi connectivity index (χ0n) is 12.0. The Balaban J connectivity index is 2.38. The summed E-state index contributed by atoms with van der Waals surface area (Å²) in [5.74, 6) is 1.27. The summed E-state index contributed by atoms with van der Waals surface area (Å²) in [6.45, 7) is 4.73. The molecule has 0 radical (unpaired) electrons. The molecule has 0 saturated heterocycles. The number of aliphatic hydroxyl groups is 1. The predicted octanol–water partition coefficient (Wildman–Crippen LogP) is 2.22. The molecule has 0 heterocycles. The van der Waals surface area contributed by atoms with E-state index >= 15 is 0 Å². The highest BCUT2D eigenvalue weighted by atomic mass is 16.3. The molecule has 2 atom stereocenters. The van der Waals surface area contributed by atoms with Gasteiger partial charge in [-0.25, -0.2) is 4.79 Å². The lowest BCUT2D eigenvalue weighted by atomic mass is 9.78. The Morgan fingerprint density at radius 3 is 2.50 bits per heavy atom. The molecule has 0 aromatic carbocycles. The third-order valence-corrected chi connectivity index (χ3v) is 4.32. The van der Waals surface area contributed by atoms with Crippen molar-refractivity contribution in [2.75, 3.05) is 20.2 Å². The molecule has 2 N–H and O–H groups in total. The van der Waals surface area contributed by atoms with Crippen LogP contribution in [0.3, 0.4) is 0 Å². The van der Waals surface area contributed by atoms with Gasteiger partial charge in [0.2, 0.25) is 0 Å². The summed E-state index contributed by atoms with van der Waals surface area (Å²) < 4.78 is 0. The molecule has 18 heavy (non-hydrogen) atoms. The van der Waals surface area contributed by atoms with Gasteiger partial charge in [-0.05, 0) is 18.8 Å². The van der Waals surface area contributed by atoms with E-state index in [4.69, 9.17) is 5.11 Å². The molecule has 0 spiro atoms. The topological polar surface area (TPSA) is 52.6 Å². The number of aliphatic hydroxyl groups excluding tert-OH is 1. The van der Waals surface area contributed by atoms with Gasteiger partial charge in [-0.15, -0.1) is 0 Å². The smallest absolute Gasteiger partial charge is 0.317 e. The molecule has 1 aliphatic carbocycles. The number of carbonyl (C=O) groups is 1. The standard InChI is InChI=1S/C14H28N2O2/c1-11(13-7-5-4-6-8-13)12(2)15-14(18)16(3)9-10-17/h11-13,17H,4-10H2,1-3H3,(H,15,18). The van der Waals surface area contributed by atoms with E-state index in [-0.39, 0.29) is 18.7 Å². The van der Waals surface area contributed by atoms with Gasteiger partial charge >= 0.3 is 6.03 Å². The molecular weight excluding hydrogens is 228 g/mol. The highest BCUT2D eigenvalue weighted by molar-refractivity contribution is 5.74. The lowest BCUT2D eigenvalue weighted by molar-refractivity contribution is 0.174. The second-order valence-corrected chi connectivity index (χ2v) is 5.64. The fourth-order valence-electron chi connectivity index (χ4n) is 2.76. The van der Waals surface area contributed by atoms with Gasteiger partial charge in [-0.1, -0.05) is 39.0 Å². The largest absolute Gasteiger partial charge is 0.395 e. The maximum Gasteiger partial charge on any atom is 0.317 e. The number of hydrogen-bond acceptors (Lipinski definition) is 2. The van der Waals surface area contributed by atoms with Crippen molar-refractivity contribution >= 4 is 6.03 Å². The molecule has 0 bridgehead atoms. The van der Waals surface area contributed by atoms with Crippen molar-refractivity contribution in [3.8, 4) is 0 Å². The monoisotopic (exact) mass is 256 g/mol. The summed E-state index contributed by atoms with van der Waals surface area (Å²) >= 11 is 0. The SMILES string of the molecule is CC(NC(=O)N(C)CCO)C(C)C1CCCCC1. The van der Waals surface area contributed by atoms with E-state index in [1.807, 2.05) is 0 Å². The maximum atomic E-state index is 11.8. The van der Waals surface area contributed by atoms with Gasteiger partial charge in [0.05, 0.1) is 6.61 Å². The van der Waals surface area contributed by atoms with Crippen LogP contribution in [0, 0.1) is 11.8 Å². The Morgan fingerprint density at radius 2 is 1.94 bits per heavy atom. The number of nitrogens with one attached hydrogen (secondary N) is 1. The highest BCUT2D eigenvalue weighted by Gasteiger charge is 2.25. The zero-order valence-corrected chi connectivity index (χ0v) is 12.0. The average Bonchev–Trinajstić information content (AvgIpc) is 2.39. The van der Waals surface area contributed by atoms with E-state index < -0.39 is 0 Å². The van der Waals surface area contributed by atoms with Crippen molar-refractivity contribution in [2.24, 2.45) is 11.8 Å². The van der Waals surface area contributed by atoms with Crippen molar-refractivity contribution < 1.29 is 9.90 Å². The maximum absolute atomic E-state index is 11.8. The second-order valence-electron chi connectivity index (χ2n) is 5.64. The van der Waals surface area contributed by atoms with Crippen molar-refractivity contribution in [2.45, 2.75) is 52.0 Å². The van der Waals surface area contributed by atoms with Crippen LogP contribution in [0.4, 0.5) is 4.79 Å². The van der Waals surface area contributed by atoms with Gasteiger partial charge < -0.3 is 15.3 Å². The first-order valence-electron chi connectivity index (χ1n) is 7.18. The third kappa shape index (κ3) is 4.48. The van der Waals surface area contributed by atoms with E-state index in [9.17, 15) is 4.79 Å². The van der Waals surface area contributed by atoms with Crippen LogP contribution in [0.15, 0.2) is 0 Å². The second kappa shape index (κ2) is 7.62. The molecular formula is C14H28N2O2. The van der Waals surface area contributed by atoms with E-state index in [1.54, 1.807) is 7.05 Å². The number of nitrogens with zero attached hydrogens (tertiary/aromatic N) is 1. The molecule has 2 amide bonds. The number of amides is 2. The highest BCUT2D eigenvalue weighted by Crippen LogP contribution is 2.31. The lowest BCUT2D eigenvalue weighted by Crippen LogP contribution is -2.46. The van der Waals surface area contributed by atoms with Crippen molar-refractivity contribution in [1.82, 2.24) is 10.2 Å². The normalized spacial score (nSPS) is 20.2. The van der Waals surface area contributed by atoms with Crippen LogP contribution < -0.4 is 5.32 Å². The van der Waals surface area contributed by atoms with Crippen LogP contribution >= 0.6 is 0 Å². The summed E-state index contributed by atoms with van der Waals surface area (Å²) in [4.78, 5) is 13.4. The fraction of sp³-hybridized carbons (Fsp3) is 0.929. The van der Waals surface area contributed by atoms with Crippen LogP contribution in [0.5, 0.6) is 0 Å². The Labute approximate surface area is 111 Å². The molecule has 4 heteroatoms. The van der Waals surface area contributed by atoms with Crippen LogP contribution in [-0.4, -0.2) is 42.3 Å². The number of rotatable bonds is 5. The van der Waals surface area contributed by atoms with Gasteiger partial charge in [-0.3, -0.25) is 0 Å². The molecule has 4 nitrogen and oxygen atoms in total. The third-order valence-electron chi connectivity index (χ3n) is 4.32. The van der Waals surface area contributed by atoms with Gasteiger partial charge in [0.1, 0.15) is 0 Å². The van der Waals surface area contributed by atoms with Crippen molar-refractivity contribution in [3.05, 3.63) is 0 Å². The number of likely N-dealkylation sites (N-methyl/N-ethyl adjacent to an activating group) is 1. The average molecular weight is 256 g/mol.